The van der Waals surface area contributed by atoms with Crippen molar-refractivity contribution < 1.29 is 0 Å². The van der Waals surface area contributed by atoms with Crippen molar-refractivity contribution in [2.75, 3.05) is 10.7 Å². The molecule has 0 fully saturated rings. The fraction of sp³-hybridized carbons (Fsp3) is 0.333. The molecule has 0 bridgehead atoms. The molecule has 0 saturated carbocycles. The molecule has 0 aromatic carbocycles. The molecular weight excluding hydrogens is 192 g/mol. The summed E-state index contributed by atoms with van der Waals surface area (Å²) in [5.74, 6) is 6.66. The average molecular weight is 206 g/mol. The van der Waals surface area contributed by atoms with Crippen molar-refractivity contribution >= 4 is 17.3 Å². The van der Waals surface area contributed by atoms with Crippen molar-refractivity contribution in [3.8, 4) is 0 Å². The Morgan fingerprint density at radius 1 is 1.47 bits per heavy atom. The van der Waals surface area contributed by atoms with Crippen molar-refractivity contribution in [1.82, 2.24) is 14.4 Å². The minimum atomic E-state index is 0.297. The third kappa shape index (κ3) is 1.84. The molecule has 0 aliphatic rings. The molecule has 0 unspecified atom stereocenters. The fourth-order valence-corrected chi connectivity index (χ4v) is 1.37. The highest BCUT2D eigenvalue weighted by Gasteiger charge is 2.07. The Hall–Kier alpha value is -1.82. The van der Waals surface area contributed by atoms with Gasteiger partial charge in [-0.05, 0) is 13.8 Å². The Kier molecular flexibility index (Phi) is 2.42. The van der Waals surface area contributed by atoms with Crippen LogP contribution in [0.5, 0.6) is 0 Å². The lowest BCUT2D eigenvalue weighted by Gasteiger charge is -2.11. The van der Waals surface area contributed by atoms with Crippen LogP contribution in [-0.4, -0.2) is 20.4 Å². The van der Waals surface area contributed by atoms with E-state index in [4.69, 9.17) is 5.84 Å². The van der Waals surface area contributed by atoms with E-state index in [0.717, 1.165) is 11.5 Å². The normalized spacial score (nSPS) is 10.9. The van der Waals surface area contributed by atoms with Crippen LogP contribution in [0.1, 0.15) is 13.8 Å². The molecule has 2 rings (SSSR count). The lowest BCUT2D eigenvalue weighted by Crippen LogP contribution is -2.15. The Bertz CT molecular complexity index is 461. The number of hydrazine groups is 1. The first kappa shape index (κ1) is 9.72. The summed E-state index contributed by atoms with van der Waals surface area (Å²) in [6.45, 7) is 4.09. The van der Waals surface area contributed by atoms with Gasteiger partial charge >= 0.3 is 0 Å². The summed E-state index contributed by atoms with van der Waals surface area (Å²) in [5.41, 5.74) is 3.32. The van der Waals surface area contributed by atoms with Crippen LogP contribution in [0.4, 0.5) is 11.6 Å². The van der Waals surface area contributed by atoms with Crippen molar-refractivity contribution in [3.05, 3.63) is 18.6 Å². The SMILES string of the molecule is CC(C)Nc1nc(NN)cn2ccnc12. The second kappa shape index (κ2) is 3.74. The lowest BCUT2D eigenvalue weighted by molar-refractivity contribution is 0.886. The number of hydrogen-bond donors (Lipinski definition) is 3. The summed E-state index contributed by atoms with van der Waals surface area (Å²) in [6, 6.07) is 0.297. The number of rotatable bonds is 3. The van der Waals surface area contributed by atoms with E-state index in [0.29, 0.717) is 11.9 Å². The highest BCUT2D eigenvalue weighted by atomic mass is 15.3. The van der Waals surface area contributed by atoms with Gasteiger partial charge in [0.2, 0.25) is 0 Å². The molecule has 15 heavy (non-hydrogen) atoms. The van der Waals surface area contributed by atoms with Gasteiger partial charge in [0, 0.05) is 18.4 Å². The molecule has 0 atom stereocenters. The molecule has 2 aromatic heterocycles. The van der Waals surface area contributed by atoms with Crippen LogP contribution in [0.25, 0.3) is 5.65 Å². The van der Waals surface area contributed by atoms with Gasteiger partial charge in [0.05, 0.1) is 6.20 Å². The van der Waals surface area contributed by atoms with Crippen LogP contribution in [0.3, 0.4) is 0 Å². The van der Waals surface area contributed by atoms with Gasteiger partial charge in [0.15, 0.2) is 17.3 Å². The first-order valence-electron chi connectivity index (χ1n) is 4.77. The summed E-state index contributed by atoms with van der Waals surface area (Å²) in [4.78, 5) is 8.52. The number of nitrogens with two attached hydrogens (primary N) is 1. The molecule has 6 heteroatoms. The largest absolute Gasteiger partial charge is 0.365 e. The smallest absolute Gasteiger partial charge is 0.180 e. The number of anilines is 2. The molecule has 2 heterocycles. The summed E-state index contributed by atoms with van der Waals surface area (Å²) in [6.07, 6.45) is 5.36. The van der Waals surface area contributed by atoms with Gasteiger partial charge in [0.1, 0.15) is 0 Å². The highest BCUT2D eigenvalue weighted by molar-refractivity contribution is 5.65. The van der Waals surface area contributed by atoms with E-state index in [9.17, 15) is 0 Å². The molecule has 80 valence electrons. The first-order chi connectivity index (χ1) is 7.20. The monoisotopic (exact) mass is 206 g/mol. The number of nitrogen functional groups attached to an aromatic ring is 1. The third-order valence-corrected chi connectivity index (χ3v) is 1.95. The second-order valence-corrected chi connectivity index (χ2v) is 3.58. The van der Waals surface area contributed by atoms with E-state index < -0.39 is 0 Å². The van der Waals surface area contributed by atoms with Gasteiger partial charge < -0.3 is 15.1 Å². The van der Waals surface area contributed by atoms with Gasteiger partial charge in [-0.1, -0.05) is 0 Å². The number of hydrogen-bond acceptors (Lipinski definition) is 5. The minimum absolute atomic E-state index is 0.297. The summed E-state index contributed by atoms with van der Waals surface area (Å²) >= 11 is 0. The zero-order valence-electron chi connectivity index (χ0n) is 8.73. The zero-order valence-corrected chi connectivity index (χ0v) is 8.73. The van der Waals surface area contributed by atoms with Crippen LogP contribution in [0.2, 0.25) is 0 Å². The number of nitrogens with one attached hydrogen (secondary N) is 2. The predicted molar refractivity (Wildman–Crippen MR) is 59.6 cm³/mol. The van der Waals surface area contributed by atoms with Crippen molar-refractivity contribution in [2.24, 2.45) is 5.84 Å². The standard InChI is InChI=1S/C9H14N6/c1-6(2)12-8-9-11-3-4-15(9)5-7(13-8)14-10/h3-6,14H,10H2,1-2H3,(H,12,13). The number of fused-ring (bicyclic) bond motifs is 1. The maximum Gasteiger partial charge on any atom is 0.180 e. The molecule has 0 spiro atoms. The predicted octanol–water partition coefficient (Wildman–Crippen LogP) is 0.835. The first-order valence-corrected chi connectivity index (χ1v) is 4.77. The average Bonchev–Trinajstić information content (AvgIpc) is 2.64. The van der Waals surface area contributed by atoms with E-state index in [1.165, 1.54) is 0 Å². The quantitative estimate of drug-likeness (QED) is 0.512. The Labute approximate surface area is 87.5 Å². The fourth-order valence-electron chi connectivity index (χ4n) is 1.37. The topological polar surface area (TPSA) is 80.3 Å². The molecule has 0 radical (unpaired) electrons. The summed E-state index contributed by atoms with van der Waals surface area (Å²) < 4.78 is 1.87. The summed E-state index contributed by atoms with van der Waals surface area (Å²) in [7, 11) is 0. The van der Waals surface area contributed by atoms with Crippen LogP contribution >= 0.6 is 0 Å². The Balaban J connectivity index is 2.53. The van der Waals surface area contributed by atoms with Crippen LogP contribution < -0.4 is 16.6 Å². The van der Waals surface area contributed by atoms with Gasteiger partial charge in [0.25, 0.3) is 0 Å². The van der Waals surface area contributed by atoms with Crippen LogP contribution in [0.15, 0.2) is 18.6 Å². The van der Waals surface area contributed by atoms with E-state index in [2.05, 4.69) is 20.7 Å². The molecule has 2 aromatic rings. The number of nitrogens with zero attached hydrogens (tertiary/aromatic N) is 3. The molecule has 0 amide bonds. The molecule has 0 aliphatic heterocycles. The Morgan fingerprint density at radius 3 is 2.93 bits per heavy atom. The maximum absolute atomic E-state index is 5.34. The van der Waals surface area contributed by atoms with Crippen molar-refractivity contribution in [1.29, 1.82) is 0 Å². The lowest BCUT2D eigenvalue weighted by atomic mass is 10.4. The van der Waals surface area contributed by atoms with E-state index in [1.807, 2.05) is 24.4 Å². The van der Waals surface area contributed by atoms with E-state index in [-0.39, 0.29) is 0 Å². The number of imidazole rings is 1. The molecular formula is C9H14N6. The third-order valence-electron chi connectivity index (χ3n) is 1.95. The molecule has 0 aliphatic carbocycles. The molecule has 0 saturated heterocycles. The second-order valence-electron chi connectivity index (χ2n) is 3.58. The van der Waals surface area contributed by atoms with Crippen LogP contribution in [0, 0.1) is 0 Å². The zero-order chi connectivity index (χ0) is 10.8. The number of aromatic nitrogens is 3. The van der Waals surface area contributed by atoms with Gasteiger partial charge in [-0.15, -0.1) is 0 Å². The summed E-state index contributed by atoms with van der Waals surface area (Å²) in [5, 5.41) is 3.22. The maximum atomic E-state index is 5.34. The minimum Gasteiger partial charge on any atom is -0.365 e. The van der Waals surface area contributed by atoms with Crippen LogP contribution in [-0.2, 0) is 0 Å². The van der Waals surface area contributed by atoms with E-state index in [1.54, 1.807) is 12.4 Å². The van der Waals surface area contributed by atoms with Gasteiger partial charge in [-0.25, -0.2) is 15.8 Å². The highest BCUT2D eigenvalue weighted by Crippen LogP contribution is 2.16. The molecule has 6 nitrogen and oxygen atoms in total. The van der Waals surface area contributed by atoms with Gasteiger partial charge in [-0.3, -0.25) is 0 Å². The van der Waals surface area contributed by atoms with Gasteiger partial charge in [-0.2, -0.15) is 0 Å². The van der Waals surface area contributed by atoms with E-state index >= 15 is 0 Å². The van der Waals surface area contributed by atoms with Crippen molar-refractivity contribution in [2.45, 2.75) is 19.9 Å². The Morgan fingerprint density at radius 2 is 2.27 bits per heavy atom. The molecule has 4 N–H and O–H groups in total. The van der Waals surface area contributed by atoms with Crippen molar-refractivity contribution in [3.63, 3.8) is 0 Å².